The van der Waals surface area contributed by atoms with Crippen molar-refractivity contribution in [2.45, 2.75) is 0 Å². The Morgan fingerprint density at radius 2 is 0.803 bits per heavy atom. The van der Waals surface area contributed by atoms with E-state index in [1.54, 1.807) is 0 Å². The van der Waals surface area contributed by atoms with Gasteiger partial charge in [0, 0.05) is 69.9 Å². The zero-order valence-electron chi connectivity index (χ0n) is 35.8. The molecule has 3 heterocycles. The summed E-state index contributed by atoms with van der Waals surface area (Å²) in [5, 5.41) is 12.7. The molecule has 308 valence electrons. The predicted octanol–water partition coefficient (Wildman–Crippen LogP) is 17.7. The van der Waals surface area contributed by atoms with Crippen molar-refractivity contribution in [1.82, 2.24) is 9.13 Å². The van der Waals surface area contributed by atoms with E-state index in [2.05, 4.69) is 251 Å². The Morgan fingerprint density at radius 1 is 0.303 bits per heavy atom. The van der Waals surface area contributed by atoms with Crippen molar-refractivity contribution in [3.63, 3.8) is 0 Å². The van der Waals surface area contributed by atoms with E-state index in [0.29, 0.717) is 0 Å². The minimum absolute atomic E-state index is 1.09. The molecule has 0 fully saturated rings. The highest BCUT2D eigenvalue weighted by molar-refractivity contribution is 7.25. The number of para-hydroxylation sites is 4. The van der Waals surface area contributed by atoms with Crippen LogP contribution >= 0.6 is 11.3 Å². The van der Waals surface area contributed by atoms with Crippen molar-refractivity contribution in [2.24, 2.45) is 0 Å². The monoisotopic (exact) mass is 857 g/mol. The third-order valence-corrected chi connectivity index (χ3v) is 14.8. The van der Waals surface area contributed by atoms with Crippen molar-refractivity contribution >= 4 is 114 Å². The summed E-state index contributed by atoms with van der Waals surface area (Å²) in [7, 11) is 0. The van der Waals surface area contributed by atoms with Gasteiger partial charge in [0.15, 0.2) is 0 Å². The van der Waals surface area contributed by atoms with Crippen LogP contribution in [0, 0.1) is 0 Å². The SMILES string of the molecule is c1ccc(-n2c3ccccc3c3cccc(N(c4ccc(-c5ccc(-n6c7ccccc7c7c8ccccc8c8ccccc8c76)cc5)cc4)c4ccc5sc6ccccc6c5c4)c32)cc1. The van der Waals surface area contributed by atoms with Gasteiger partial charge in [0.05, 0.1) is 27.8 Å². The molecule has 3 nitrogen and oxygen atoms in total. The van der Waals surface area contributed by atoms with Crippen LogP contribution in [0.25, 0.3) is 108 Å². The van der Waals surface area contributed by atoms with Gasteiger partial charge in [0.25, 0.3) is 0 Å². The van der Waals surface area contributed by atoms with Crippen LogP contribution < -0.4 is 4.90 Å². The van der Waals surface area contributed by atoms with Gasteiger partial charge in [-0.25, -0.2) is 0 Å². The van der Waals surface area contributed by atoms with E-state index in [-0.39, 0.29) is 0 Å². The average molecular weight is 858 g/mol. The van der Waals surface area contributed by atoms with E-state index in [1.165, 1.54) is 96.5 Å². The zero-order chi connectivity index (χ0) is 43.3. The maximum absolute atomic E-state index is 2.47. The molecule has 0 atom stereocenters. The largest absolute Gasteiger partial charge is 0.309 e. The Balaban J connectivity index is 0.928. The van der Waals surface area contributed by atoms with Gasteiger partial charge in [-0.15, -0.1) is 11.3 Å². The number of rotatable bonds is 6. The number of nitrogens with zero attached hydrogens (tertiary/aromatic N) is 3. The molecule has 11 aromatic carbocycles. The number of anilines is 3. The van der Waals surface area contributed by atoms with Crippen molar-refractivity contribution < 1.29 is 0 Å². The minimum atomic E-state index is 1.09. The van der Waals surface area contributed by atoms with Crippen LogP contribution in [0.5, 0.6) is 0 Å². The molecule has 4 heteroatoms. The molecule has 0 amide bonds. The molecular weight excluding hydrogens is 819 g/mol. The van der Waals surface area contributed by atoms with E-state index in [4.69, 9.17) is 0 Å². The van der Waals surface area contributed by atoms with Crippen LogP contribution in [0.4, 0.5) is 17.1 Å². The molecule has 0 aliphatic rings. The topological polar surface area (TPSA) is 13.1 Å². The van der Waals surface area contributed by atoms with Gasteiger partial charge in [0.2, 0.25) is 0 Å². The Kier molecular flexibility index (Phi) is 8.15. The molecule has 14 aromatic rings. The summed E-state index contributed by atoms with van der Waals surface area (Å²) in [5.41, 5.74) is 12.8. The lowest BCUT2D eigenvalue weighted by molar-refractivity contribution is 1.17. The summed E-state index contributed by atoms with van der Waals surface area (Å²) in [4.78, 5) is 2.45. The Morgan fingerprint density at radius 3 is 1.56 bits per heavy atom. The molecule has 0 aliphatic carbocycles. The Hall–Kier alpha value is -8.44. The van der Waals surface area contributed by atoms with Gasteiger partial charge in [-0.3, -0.25) is 0 Å². The first-order valence-corrected chi connectivity index (χ1v) is 23.4. The summed E-state index contributed by atoms with van der Waals surface area (Å²) in [5.74, 6) is 0. The molecule has 0 saturated carbocycles. The fourth-order valence-corrected chi connectivity index (χ4v) is 11.9. The van der Waals surface area contributed by atoms with Crippen LogP contribution in [0.2, 0.25) is 0 Å². The number of benzene rings is 11. The van der Waals surface area contributed by atoms with Crippen LogP contribution in [-0.4, -0.2) is 9.13 Å². The first-order valence-electron chi connectivity index (χ1n) is 22.6. The molecule has 0 aliphatic heterocycles. The van der Waals surface area contributed by atoms with E-state index < -0.39 is 0 Å². The van der Waals surface area contributed by atoms with Crippen molar-refractivity contribution in [3.05, 3.63) is 237 Å². The summed E-state index contributed by atoms with van der Waals surface area (Å²) < 4.78 is 7.49. The van der Waals surface area contributed by atoms with Gasteiger partial charge in [-0.05, 0) is 106 Å². The maximum Gasteiger partial charge on any atom is 0.0782 e. The molecule has 0 radical (unpaired) electrons. The van der Waals surface area contributed by atoms with Crippen LogP contribution in [-0.2, 0) is 0 Å². The minimum Gasteiger partial charge on any atom is -0.309 e. The van der Waals surface area contributed by atoms with Crippen LogP contribution in [0.15, 0.2) is 237 Å². The summed E-state index contributed by atoms with van der Waals surface area (Å²) in [6.07, 6.45) is 0. The van der Waals surface area contributed by atoms with E-state index in [9.17, 15) is 0 Å². The lowest BCUT2D eigenvalue weighted by atomic mass is 9.97. The molecule has 0 unspecified atom stereocenters. The quantitative estimate of drug-likeness (QED) is 0.152. The molecule has 0 N–H and O–H groups in total. The molecule has 66 heavy (non-hydrogen) atoms. The number of aromatic nitrogens is 2. The summed E-state index contributed by atoms with van der Waals surface area (Å²) in [6.45, 7) is 0. The van der Waals surface area contributed by atoms with Gasteiger partial charge in [-0.1, -0.05) is 158 Å². The molecule has 0 bridgehead atoms. The third kappa shape index (κ3) is 5.49. The number of fused-ring (bicyclic) bond motifs is 14. The lowest BCUT2D eigenvalue weighted by Crippen LogP contribution is -2.11. The zero-order valence-corrected chi connectivity index (χ0v) is 36.6. The normalized spacial score (nSPS) is 11.9. The highest BCUT2D eigenvalue weighted by atomic mass is 32.1. The number of thiophene rings is 1. The van der Waals surface area contributed by atoms with Gasteiger partial charge < -0.3 is 14.0 Å². The third-order valence-electron chi connectivity index (χ3n) is 13.7. The first-order chi connectivity index (χ1) is 32.8. The number of hydrogen-bond acceptors (Lipinski definition) is 2. The van der Waals surface area contributed by atoms with E-state index in [0.717, 1.165) is 28.4 Å². The van der Waals surface area contributed by atoms with Gasteiger partial charge >= 0.3 is 0 Å². The number of hydrogen-bond donors (Lipinski definition) is 0. The second-order valence-corrected chi connectivity index (χ2v) is 18.3. The Labute approximate surface area is 384 Å². The standard InChI is InChI=1S/C62H39N3S/c1-2-15-42(16-3-1)64-55-25-11-8-19-48(55)52-24-14-27-57(61(52)64)63(45-37-38-59-54(39-45)49-20-10-13-28-58(49)66-59)43-33-29-40(30-34-43)41-31-35-44(36-32-41)65-56-26-12-9-23-53(56)60-50-21-6-4-17-46(50)47-18-5-7-22-51(47)62(60)65/h1-39H. The molecule has 0 spiro atoms. The Bertz CT molecular complexity index is 4210. The summed E-state index contributed by atoms with van der Waals surface area (Å²) in [6, 6.07) is 86.9. The highest BCUT2D eigenvalue weighted by Crippen LogP contribution is 2.47. The fraction of sp³-hybridized carbons (Fsp3) is 0. The predicted molar refractivity (Wildman–Crippen MR) is 283 cm³/mol. The first kappa shape index (κ1) is 37.0. The second-order valence-electron chi connectivity index (χ2n) is 17.2. The van der Waals surface area contributed by atoms with Gasteiger partial charge in [-0.2, -0.15) is 0 Å². The van der Waals surface area contributed by atoms with Crippen molar-refractivity contribution in [3.8, 4) is 22.5 Å². The molecule has 0 saturated heterocycles. The lowest BCUT2D eigenvalue weighted by Gasteiger charge is -2.27. The summed E-state index contributed by atoms with van der Waals surface area (Å²) >= 11 is 1.86. The second kappa shape index (κ2) is 14.5. The van der Waals surface area contributed by atoms with Crippen molar-refractivity contribution in [1.29, 1.82) is 0 Å². The average Bonchev–Trinajstić information content (AvgIpc) is 4.06. The van der Waals surface area contributed by atoms with Crippen LogP contribution in [0.3, 0.4) is 0 Å². The van der Waals surface area contributed by atoms with Crippen molar-refractivity contribution in [2.75, 3.05) is 4.90 Å². The van der Waals surface area contributed by atoms with E-state index >= 15 is 0 Å². The molecule has 3 aromatic heterocycles. The highest BCUT2D eigenvalue weighted by Gasteiger charge is 2.23. The smallest absolute Gasteiger partial charge is 0.0782 e. The molecule has 14 rings (SSSR count). The maximum atomic E-state index is 2.47. The fourth-order valence-electron chi connectivity index (χ4n) is 10.8. The molecular formula is C62H39N3S. The van der Waals surface area contributed by atoms with Crippen LogP contribution in [0.1, 0.15) is 0 Å². The van der Waals surface area contributed by atoms with E-state index in [1.807, 2.05) is 11.3 Å². The van der Waals surface area contributed by atoms with Gasteiger partial charge in [0.1, 0.15) is 0 Å².